The smallest absolute Gasteiger partial charge is 0.156 e. The fourth-order valence-corrected chi connectivity index (χ4v) is 7.69. The van der Waals surface area contributed by atoms with Crippen LogP contribution in [0.3, 0.4) is 0 Å². The normalized spacial score (nSPS) is 19.7. The molecule has 0 amide bonds. The number of hydrogen-bond acceptors (Lipinski definition) is 10. The van der Waals surface area contributed by atoms with Gasteiger partial charge < -0.3 is 20.8 Å². The molecule has 0 saturated carbocycles. The molecule has 2 aliphatic heterocycles. The number of pyridine rings is 4. The number of hydrogen-bond donors (Lipinski definition) is 4. The maximum Gasteiger partial charge on any atom is 0.156 e. The molecular formula is C39H38Cl2N8O2. The summed E-state index contributed by atoms with van der Waals surface area (Å²) < 4.78 is 0. The van der Waals surface area contributed by atoms with Gasteiger partial charge in [-0.2, -0.15) is 0 Å². The third kappa shape index (κ3) is 7.21. The summed E-state index contributed by atoms with van der Waals surface area (Å²) in [4.78, 5) is 23.2. The van der Waals surface area contributed by atoms with Gasteiger partial charge in [0.15, 0.2) is 11.6 Å². The lowest BCUT2D eigenvalue weighted by atomic mass is 10.0. The van der Waals surface area contributed by atoms with E-state index in [-0.39, 0.29) is 6.10 Å². The van der Waals surface area contributed by atoms with E-state index < -0.39 is 5.60 Å². The van der Waals surface area contributed by atoms with Crippen LogP contribution in [0.4, 0.5) is 23.0 Å². The monoisotopic (exact) mass is 720 g/mol. The lowest BCUT2D eigenvalue weighted by Gasteiger charge is -2.19. The standard InChI is InChI=1S/C39H38Cl2N8O2/c1-39(51)11-15-49(23-39)21-25-17-27-9-13-43-38(36(27)45-19-25)47-32-7-3-5-30(34(32)41)29-4-2-6-31(33(29)40)46-37-35-26(8-12-42-37)16-24(18-44-35)20-48-14-10-28(50)22-48/h2-9,12-13,16-19,28,50-51H,10-11,14-15,20-23H2,1H3,(H,42,46)(H,43,47)/t28-,39-/m1/s1. The van der Waals surface area contributed by atoms with Crippen LogP contribution in [0.5, 0.6) is 0 Å². The zero-order chi connectivity index (χ0) is 35.1. The van der Waals surface area contributed by atoms with Crippen LogP contribution in [0.1, 0.15) is 30.9 Å². The SMILES string of the molecule is C[C@@]1(O)CCN(Cc2cnc3c(Nc4cccc(-c5cccc(Nc6nccc7cc(CN8CC[C@@H](O)C8)cnc67)c5Cl)c4Cl)nccc3c2)C1. The summed E-state index contributed by atoms with van der Waals surface area (Å²) >= 11 is 14.2. The van der Waals surface area contributed by atoms with Crippen molar-refractivity contribution in [2.75, 3.05) is 36.8 Å². The Bertz CT molecular complexity index is 2250. The molecule has 6 heterocycles. The number of halogens is 2. The summed E-state index contributed by atoms with van der Waals surface area (Å²) in [5.41, 5.74) is 5.86. The van der Waals surface area contributed by atoms with Gasteiger partial charge in [-0.3, -0.25) is 19.8 Å². The predicted octanol–water partition coefficient (Wildman–Crippen LogP) is 7.56. The molecule has 260 valence electrons. The first-order chi connectivity index (χ1) is 24.7. The van der Waals surface area contributed by atoms with E-state index in [1.54, 1.807) is 12.4 Å². The highest BCUT2D eigenvalue weighted by Gasteiger charge is 2.31. The quantitative estimate of drug-likeness (QED) is 0.119. The van der Waals surface area contributed by atoms with Gasteiger partial charge in [0.2, 0.25) is 0 Å². The summed E-state index contributed by atoms with van der Waals surface area (Å²) in [7, 11) is 0. The molecule has 0 bridgehead atoms. The second-order valence-electron chi connectivity index (χ2n) is 13.9. The number of fused-ring (bicyclic) bond motifs is 2. The van der Waals surface area contributed by atoms with Gasteiger partial charge in [-0.05, 0) is 67.3 Å². The van der Waals surface area contributed by atoms with Crippen molar-refractivity contribution in [2.24, 2.45) is 0 Å². The second-order valence-corrected chi connectivity index (χ2v) is 14.6. The van der Waals surface area contributed by atoms with E-state index in [0.717, 1.165) is 83.1 Å². The van der Waals surface area contributed by atoms with Crippen molar-refractivity contribution >= 4 is 68.0 Å². The Balaban J connectivity index is 1.03. The minimum absolute atomic E-state index is 0.258. The fourth-order valence-electron chi connectivity index (χ4n) is 7.14. The molecule has 0 spiro atoms. The highest BCUT2D eigenvalue weighted by atomic mass is 35.5. The van der Waals surface area contributed by atoms with Crippen LogP contribution in [0, 0.1) is 0 Å². The van der Waals surface area contributed by atoms with Crippen LogP contribution in [0.25, 0.3) is 32.9 Å². The maximum absolute atomic E-state index is 10.4. The molecule has 6 aromatic rings. The molecule has 2 fully saturated rings. The van der Waals surface area contributed by atoms with E-state index in [0.29, 0.717) is 46.1 Å². The van der Waals surface area contributed by atoms with Gasteiger partial charge in [0.25, 0.3) is 0 Å². The second kappa shape index (κ2) is 14.0. The van der Waals surface area contributed by atoms with Crippen molar-refractivity contribution < 1.29 is 10.2 Å². The predicted molar refractivity (Wildman–Crippen MR) is 204 cm³/mol. The highest BCUT2D eigenvalue weighted by molar-refractivity contribution is 6.39. The molecule has 2 saturated heterocycles. The van der Waals surface area contributed by atoms with Gasteiger partial charge in [-0.25, -0.2) is 9.97 Å². The average molecular weight is 722 g/mol. The Hall–Kier alpha value is -4.42. The van der Waals surface area contributed by atoms with Gasteiger partial charge in [0.1, 0.15) is 11.0 Å². The Morgan fingerprint density at radius 2 is 1.31 bits per heavy atom. The number of aromatic nitrogens is 4. The van der Waals surface area contributed by atoms with Crippen molar-refractivity contribution in [2.45, 2.75) is 44.6 Å². The lowest BCUT2D eigenvalue weighted by molar-refractivity contribution is 0.0679. The summed E-state index contributed by atoms with van der Waals surface area (Å²) in [6.07, 6.45) is 8.58. The largest absolute Gasteiger partial charge is 0.392 e. The molecule has 0 radical (unpaired) electrons. The third-order valence-electron chi connectivity index (χ3n) is 9.70. The molecule has 0 unspecified atom stereocenters. The van der Waals surface area contributed by atoms with Crippen LogP contribution < -0.4 is 10.6 Å². The molecular weight excluding hydrogens is 683 g/mol. The van der Waals surface area contributed by atoms with Gasteiger partial charge in [-0.1, -0.05) is 47.5 Å². The number of benzene rings is 2. The van der Waals surface area contributed by atoms with Crippen LogP contribution >= 0.6 is 23.2 Å². The number of anilines is 4. The van der Waals surface area contributed by atoms with Crippen molar-refractivity contribution in [3.8, 4) is 11.1 Å². The molecule has 4 aromatic heterocycles. The van der Waals surface area contributed by atoms with Crippen LogP contribution in [-0.4, -0.2) is 77.8 Å². The molecule has 12 heteroatoms. The van der Waals surface area contributed by atoms with Gasteiger partial charge in [0, 0.05) is 86.0 Å². The van der Waals surface area contributed by atoms with Crippen molar-refractivity contribution in [3.05, 3.63) is 107 Å². The third-order valence-corrected chi connectivity index (χ3v) is 10.5. The summed E-state index contributed by atoms with van der Waals surface area (Å²) in [5.74, 6) is 1.20. The Kier molecular flexibility index (Phi) is 9.22. The highest BCUT2D eigenvalue weighted by Crippen LogP contribution is 2.42. The van der Waals surface area contributed by atoms with Crippen LogP contribution in [0.15, 0.2) is 85.5 Å². The molecule has 0 aliphatic carbocycles. The van der Waals surface area contributed by atoms with E-state index in [9.17, 15) is 10.2 Å². The number of aliphatic hydroxyl groups excluding tert-OH is 1. The Labute approximate surface area is 306 Å². The van der Waals surface area contributed by atoms with E-state index in [4.69, 9.17) is 33.2 Å². The summed E-state index contributed by atoms with van der Waals surface area (Å²) in [6.45, 7) is 6.43. The molecule has 2 aromatic carbocycles. The Morgan fingerprint density at radius 3 is 1.80 bits per heavy atom. The number of nitrogens with one attached hydrogen (secondary N) is 2. The van der Waals surface area contributed by atoms with Crippen LogP contribution in [0.2, 0.25) is 10.0 Å². The minimum atomic E-state index is -0.641. The number of aliphatic hydroxyl groups is 2. The van der Waals surface area contributed by atoms with Crippen LogP contribution in [-0.2, 0) is 13.1 Å². The number of nitrogens with zero attached hydrogens (tertiary/aromatic N) is 6. The average Bonchev–Trinajstić information content (AvgIpc) is 3.69. The Morgan fingerprint density at radius 1 is 0.765 bits per heavy atom. The van der Waals surface area contributed by atoms with E-state index in [2.05, 4.69) is 42.5 Å². The van der Waals surface area contributed by atoms with Crippen molar-refractivity contribution in [1.29, 1.82) is 0 Å². The minimum Gasteiger partial charge on any atom is -0.392 e. The van der Waals surface area contributed by atoms with Gasteiger partial charge >= 0.3 is 0 Å². The summed E-state index contributed by atoms with van der Waals surface area (Å²) in [6, 6.07) is 19.7. The zero-order valence-corrected chi connectivity index (χ0v) is 29.7. The first-order valence-electron chi connectivity index (χ1n) is 17.1. The topological polar surface area (TPSA) is 123 Å². The zero-order valence-electron chi connectivity index (χ0n) is 28.2. The van der Waals surface area contributed by atoms with Gasteiger partial charge in [0.05, 0.1) is 33.1 Å². The summed E-state index contributed by atoms with van der Waals surface area (Å²) in [5, 5.41) is 30.0. The molecule has 4 N–H and O–H groups in total. The first-order valence-corrected chi connectivity index (χ1v) is 17.9. The molecule has 51 heavy (non-hydrogen) atoms. The molecule has 10 nitrogen and oxygen atoms in total. The van der Waals surface area contributed by atoms with Crippen molar-refractivity contribution in [1.82, 2.24) is 29.7 Å². The van der Waals surface area contributed by atoms with E-state index in [1.165, 1.54) is 0 Å². The lowest BCUT2D eigenvalue weighted by Crippen LogP contribution is -2.29. The molecule has 8 rings (SSSR count). The van der Waals surface area contributed by atoms with E-state index in [1.807, 2.05) is 67.8 Å². The number of rotatable bonds is 9. The van der Waals surface area contributed by atoms with E-state index >= 15 is 0 Å². The molecule has 2 aliphatic rings. The van der Waals surface area contributed by atoms with Gasteiger partial charge in [-0.15, -0.1) is 0 Å². The number of β-amino-alcohol motifs (C(OH)–C–C–N with tert-alkyl or cyclic N) is 2. The number of likely N-dealkylation sites (tertiary alicyclic amines) is 2. The maximum atomic E-state index is 10.4. The first kappa shape index (κ1) is 33.7. The fraction of sp³-hybridized carbons (Fsp3) is 0.282. The van der Waals surface area contributed by atoms with Crippen molar-refractivity contribution in [3.63, 3.8) is 0 Å². The molecule has 2 atom stereocenters.